The van der Waals surface area contributed by atoms with Gasteiger partial charge in [0, 0.05) is 37.8 Å². The van der Waals surface area contributed by atoms with Gasteiger partial charge in [0.1, 0.15) is 5.75 Å². The summed E-state index contributed by atoms with van der Waals surface area (Å²) < 4.78 is 33.0. The largest absolute Gasteiger partial charge is 0.494 e. The number of para-hydroxylation sites is 1. The van der Waals surface area contributed by atoms with Gasteiger partial charge in [-0.15, -0.1) is 0 Å². The number of benzene rings is 2. The molecular formula is C23H30N2O4S. The number of nitrogens with zero attached hydrogens (tertiary/aromatic N) is 2. The van der Waals surface area contributed by atoms with Gasteiger partial charge in [0.25, 0.3) is 5.91 Å². The van der Waals surface area contributed by atoms with Crippen molar-refractivity contribution in [3.8, 4) is 5.75 Å². The Labute approximate surface area is 179 Å². The number of hydrogen-bond donors (Lipinski definition) is 0. The van der Waals surface area contributed by atoms with E-state index < -0.39 is 10.0 Å². The van der Waals surface area contributed by atoms with Crippen LogP contribution in [0, 0.1) is 0 Å². The zero-order chi connectivity index (χ0) is 21.6. The van der Waals surface area contributed by atoms with Crippen LogP contribution in [-0.4, -0.2) is 50.3 Å². The van der Waals surface area contributed by atoms with Gasteiger partial charge in [0.05, 0.1) is 11.5 Å². The minimum Gasteiger partial charge on any atom is -0.494 e. The molecule has 3 rings (SSSR count). The summed E-state index contributed by atoms with van der Waals surface area (Å²) >= 11 is 0. The molecule has 0 atom stereocenters. The normalized spacial score (nSPS) is 15.4. The predicted molar refractivity (Wildman–Crippen MR) is 117 cm³/mol. The highest BCUT2D eigenvalue weighted by molar-refractivity contribution is 7.89. The maximum absolute atomic E-state index is 12.9. The lowest BCUT2D eigenvalue weighted by molar-refractivity contribution is 0.0784. The first-order valence-electron chi connectivity index (χ1n) is 10.5. The molecule has 2 aromatic carbocycles. The SMILES string of the molecule is CCOc1ccccc1CN(C)C(=O)c1ccc(S(=O)(=O)N2CCCCCC2)cc1. The van der Waals surface area contributed by atoms with Crippen LogP contribution in [0.5, 0.6) is 5.75 Å². The van der Waals surface area contributed by atoms with E-state index >= 15 is 0 Å². The summed E-state index contributed by atoms with van der Waals surface area (Å²) in [5.41, 5.74) is 1.39. The molecule has 0 N–H and O–H groups in total. The molecule has 0 aliphatic carbocycles. The van der Waals surface area contributed by atoms with Crippen LogP contribution >= 0.6 is 0 Å². The monoisotopic (exact) mass is 430 g/mol. The van der Waals surface area contributed by atoms with Gasteiger partial charge in [-0.1, -0.05) is 31.0 Å². The molecule has 0 unspecified atom stereocenters. The van der Waals surface area contributed by atoms with Gasteiger partial charge in [-0.05, 0) is 50.1 Å². The number of carbonyl (C=O) groups excluding carboxylic acids is 1. The van der Waals surface area contributed by atoms with Crippen molar-refractivity contribution in [2.75, 3.05) is 26.7 Å². The van der Waals surface area contributed by atoms with Crippen LogP contribution in [0.25, 0.3) is 0 Å². The van der Waals surface area contributed by atoms with E-state index in [2.05, 4.69) is 0 Å². The molecule has 2 aromatic rings. The molecule has 7 heteroatoms. The van der Waals surface area contributed by atoms with Crippen molar-refractivity contribution < 1.29 is 17.9 Å². The Morgan fingerprint density at radius 2 is 1.63 bits per heavy atom. The molecule has 1 saturated heterocycles. The van der Waals surface area contributed by atoms with Crippen molar-refractivity contribution in [1.29, 1.82) is 0 Å². The van der Waals surface area contributed by atoms with E-state index in [0.29, 0.717) is 31.8 Å². The van der Waals surface area contributed by atoms with Gasteiger partial charge in [0.15, 0.2) is 0 Å². The van der Waals surface area contributed by atoms with E-state index in [1.165, 1.54) is 12.1 Å². The highest BCUT2D eigenvalue weighted by Gasteiger charge is 2.25. The third-order valence-corrected chi connectivity index (χ3v) is 7.24. The zero-order valence-corrected chi connectivity index (χ0v) is 18.5. The van der Waals surface area contributed by atoms with Crippen molar-refractivity contribution in [3.63, 3.8) is 0 Å². The average molecular weight is 431 g/mol. The molecule has 1 fully saturated rings. The smallest absolute Gasteiger partial charge is 0.253 e. The summed E-state index contributed by atoms with van der Waals surface area (Å²) in [6.45, 7) is 4.01. The van der Waals surface area contributed by atoms with Crippen molar-refractivity contribution in [3.05, 3.63) is 59.7 Å². The van der Waals surface area contributed by atoms with Crippen LogP contribution in [0.3, 0.4) is 0 Å². The molecule has 1 amide bonds. The fourth-order valence-electron chi connectivity index (χ4n) is 3.68. The third-order valence-electron chi connectivity index (χ3n) is 5.33. The van der Waals surface area contributed by atoms with Crippen LogP contribution in [0.1, 0.15) is 48.5 Å². The molecular weight excluding hydrogens is 400 g/mol. The lowest BCUT2D eigenvalue weighted by atomic mass is 10.1. The van der Waals surface area contributed by atoms with Gasteiger partial charge >= 0.3 is 0 Å². The van der Waals surface area contributed by atoms with Crippen molar-refractivity contribution in [2.24, 2.45) is 0 Å². The summed E-state index contributed by atoms with van der Waals surface area (Å²) in [6, 6.07) is 13.9. The second kappa shape index (κ2) is 10.1. The Hall–Kier alpha value is -2.38. The average Bonchev–Trinajstić information content (AvgIpc) is 3.05. The first kappa shape index (κ1) is 22.3. The van der Waals surface area contributed by atoms with E-state index in [1.54, 1.807) is 28.4 Å². The highest BCUT2D eigenvalue weighted by atomic mass is 32.2. The second-order valence-corrected chi connectivity index (χ2v) is 9.48. The minimum absolute atomic E-state index is 0.167. The second-order valence-electron chi connectivity index (χ2n) is 7.54. The molecule has 1 aliphatic rings. The number of ether oxygens (including phenoxy) is 1. The molecule has 0 bridgehead atoms. The first-order valence-corrected chi connectivity index (χ1v) is 11.9. The summed E-state index contributed by atoms with van der Waals surface area (Å²) in [7, 11) is -1.79. The van der Waals surface area contributed by atoms with Gasteiger partial charge in [-0.25, -0.2) is 8.42 Å². The Morgan fingerprint density at radius 1 is 1.00 bits per heavy atom. The van der Waals surface area contributed by atoms with Crippen LogP contribution in [-0.2, 0) is 16.6 Å². The van der Waals surface area contributed by atoms with E-state index in [1.807, 2.05) is 31.2 Å². The molecule has 6 nitrogen and oxygen atoms in total. The molecule has 0 radical (unpaired) electrons. The minimum atomic E-state index is -3.52. The molecule has 30 heavy (non-hydrogen) atoms. The quantitative estimate of drug-likeness (QED) is 0.668. The lowest BCUT2D eigenvalue weighted by Crippen LogP contribution is -2.32. The summed E-state index contributed by atoms with van der Waals surface area (Å²) in [5.74, 6) is 0.596. The summed E-state index contributed by atoms with van der Waals surface area (Å²) in [4.78, 5) is 14.7. The van der Waals surface area contributed by atoms with E-state index in [0.717, 1.165) is 37.0 Å². The fraction of sp³-hybridized carbons (Fsp3) is 0.435. The van der Waals surface area contributed by atoms with Crippen LogP contribution in [0.2, 0.25) is 0 Å². The number of carbonyl (C=O) groups is 1. The number of rotatable bonds is 7. The van der Waals surface area contributed by atoms with Crippen molar-refractivity contribution >= 4 is 15.9 Å². The molecule has 0 spiro atoms. The fourth-order valence-corrected chi connectivity index (χ4v) is 5.20. The van der Waals surface area contributed by atoms with Gasteiger partial charge in [0.2, 0.25) is 10.0 Å². The Kier molecular flexibility index (Phi) is 7.50. The van der Waals surface area contributed by atoms with E-state index in [9.17, 15) is 13.2 Å². The van der Waals surface area contributed by atoms with Crippen LogP contribution < -0.4 is 4.74 Å². The first-order chi connectivity index (χ1) is 14.4. The van der Waals surface area contributed by atoms with Crippen LogP contribution in [0.15, 0.2) is 53.4 Å². The highest BCUT2D eigenvalue weighted by Crippen LogP contribution is 2.22. The Balaban J connectivity index is 1.71. The van der Waals surface area contributed by atoms with Gasteiger partial charge in [-0.2, -0.15) is 4.31 Å². The third kappa shape index (κ3) is 5.21. The number of sulfonamides is 1. The van der Waals surface area contributed by atoms with E-state index in [4.69, 9.17) is 4.74 Å². The lowest BCUT2D eigenvalue weighted by Gasteiger charge is -2.21. The zero-order valence-electron chi connectivity index (χ0n) is 17.7. The molecule has 1 aliphatic heterocycles. The summed E-state index contributed by atoms with van der Waals surface area (Å²) in [5, 5.41) is 0. The standard InChI is InChI=1S/C23H30N2O4S/c1-3-29-22-11-7-6-10-20(22)18-24(2)23(26)19-12-14-21(15-13-19)30(27,28)25-16-8-4-5-9-17-25/h6-7,10-15H,3-5,8-9,16-18H2,1-2H3. The number of amides is 1. The molecule has 0 saturated carbocycles. The van der Waals surface area contributed by atoms with Crippen molar-refractivity contribution in [2.45, 2.75) is 44.0 Å². The Bertz CT molecular complexity index is 949. The predicted octanol–water partition coefficient (Wildman–Crippen LogP) is 3.92. The van der Waals surface area contributed by atoms with Gasteiger partial charge in [-0.3, -0.25) is 4.79 Å². The van der Waals surface area contributed by atoms with Crippen molar-refractivity contribution in [1.82, 2.24) is 9.21 Å². The molecule has 162 valence electrons. The molecule has 0 aromatic heterocycles. The maximum atomic E-state index is 12.9. The van der Waals surface area contributed by atoms with Crippen LogP contribution in [0.4, 0.5) is 0 Å². The summed E-state index contributed by atoms with van der Waals surface area (Å²) in [6.07, 6.45) is 3.92. The number of hydrogen-bond acceptors (Lipinski definition) is 4. The Morgan fingerprint density at radius 3 is 2.27 bits per heavy atom. The molecule has 1 heterocycles. The van der Waals surface area contributed by atoms with Gasteiger partial charge < -0.3 is 9.64 Å². The maximum Gasteiger partial charge on any atom is 0.253 e. The van der Waals surface area contributed by atoms with E-state index in [-0.39, 0.29) is 10.8 Å². The topological polar surface area (TPSA) is 66.9 Å².